The minimum atomic E-state index is -0.609. The summed E-state index contributed by atoms with van der Waals surface area (Å²) in [4.78, 5) is 29.0. The summed E-state index contributed by atoms with van der Waals surface area (Å²) >= 11 is 6.46. The third-order valence-corrected chi connectivity index (χ3v) is 5.29. The maximum absolute atomic E-state index is 12.8. The normalized spacial score (nSPS) is 11.0. The van der Waals surface area contributed by atoms with E-state index in [9.17, 15) is 9.59 Å². The van der Waals surface area contributed by atoms with E-state index in [1.807, 2.05) is 23.6 Å². The van der Waals surface area contributed by atoms with Crippen molar-refractivity contribution in [1.29, 1.82) is 0 Å². The van der Waals surface area contributed by atoms with Gasteiger partial charge in [0.25, 0.3) is 5.91 Å². The first-order valence-electron chi connectivity index (χ1n) is 9.58. The van der Waals surface area contributed by atoms with Crippen LogP contribution in [0.3, 0.4) is 0 Å². The standard InChI is InChI=1S/C22H24ClN3O3/c1-4-6-18-20(19(27)5-2)15-9-10-17(21(24)28)25-22(15)26(18)12-13-7-8-14(29-3)11-16(13)23/h7-11H,4-6,12H2,1-3H3,(H2,24,28). The van der Waals surface area contributed by atoms with Crippen LogP contribution in [0.15, 0.2) is 30.3 Å². The fourth-order valence-corrected chi connectivity index (χ4v) is 3.74. The maximum atomic E-state index is 12.8. The Bertz CT molecular complexity index is 1090. The van der Waals surface area contributed by atoms with Gasteiger partial charge in [0, 0.05) is 28.1 Å². The number of nitrogens with two attached hydrogens (primary N) is 1. The molecule has 0 atom stereocenters. The summed E-state index contributed by atoms with van der Waals surface area (Å²) in [7, 11) is 1.59. The number of nitrogens with zero attached hydrogens (tertiary/aromatic N) is 2. The van der Waals surface area contributed by atoms with Gasteiger partial charge in [-0.1, -0.05) is 37.9 Å². The lowest BCUT2D eigenvalue weighted by Crippen LogP contribution is -2.14. The van der Waals surface area contributed by atoms with E-state index in [1.165, 1.54) is 0 Å². The molecular weight excluding hydrogens is 390 g/mol. The predicted molar refractivity (Wildman–Crippen MR) is 114 cm³/mol. The highest BCUT2D eigenvalue weighted by molar-refractivity contribution is 6.31. The van der Waals surface area contributed by atoms with Crippen molar-refractivity contribution >= 4 is 34.3 Å². The molecule has 2 N–H and O–H groups in total. The van der Waals surface area contributed by atoms with Gasteiger partial charge in [0.1, 0.15) is 17.1 Å². The van der Waals surface area contributed by atoms with E-state index in [2.05, 4.69) is 11.9 Å². The second-order valence-electron chi connectivity index (χ2n) is 6.82. The molecule has 3 aromatic rings. The molecule has 6 nitrogen and oxygen atoms in total. The van der Waals surface area contributed by atoms with Crippen LogP contribution in [-0.4, -0.2) is 28.4 Å². The van der Waals surface area contributed by atoms with Gasteiger partial charge in [0.15, 0.2) is 5.78 Å². The molecule has 0 aliphatic rings. The Balaban J connectivity index is 2.27. The second-order valence-corrected chi connectivity index (χ2v) is 7.23. The van der Waals surface area contributed by atoms with Crippen molar-refractivity contribution in [2.75, 3.05) is 7.11 Å². The molecule has 0 aliphatic heterocycles. The first kappa shape index (κ1) is 20.9. The van der Waals surface area contributed by atoms with Crippen LogP contribution in [0.2, 0.25) is 5.02 Å². The summed E-state index contributed by atoms with van der Waals surface area (Å²) in [6.45, 7) is 4.32. The number of hydrogen-bond donors (Lipinski definition) is 1. The van der Waals surface area contributed by atoms with Crippen LogP contribution in [0.4, 0.5) is 0 Å². The lowest BCUT2D eigenvalue weighted by atomic mass is 10.0. The number of halogens is 1. The summed E-state index contributed by atoms with van der Waals surface area (Å²) in [5.41, 5.74) is 8.59. The van der Waals surface area contributed by atoms with Gasteiger partial charge in [-0.2, -0.15) is 0 Å². The number of benzene rings is 1. The Morgan fingerprint density at radius 3 is 2.55 bits per heavy atom. The average Bonchev–Trinajstić information content (AvgIpc) is 3.01. The molecule has 1 aromatic carbocycles. The molecule has 0 saturated heterocycles. The van der Waals surface area contributed by atoms with Crippen LogP contribution in [0.25, 0.3) is 11.0 Å². The highest BCUT2D eigenvalue weighted by atomic mass is 35.5. The van der Waals surface area contributed by atoms with E-state index >= 15 is 0 Å². The molecule has 152 valence electrons. The largest absolute Gasteiger partial charge is 0.497 e. The Kier molecular flexibility index (Phi) is 6.23. The molecule has 0 spiro atoms. The number of hydrogen-bond acceptors (Lipinski definition) is 4. The maximum Gasteiger partial charge on any atom is 0.267 e. The Labute approximate surface area is 174 Å². The van der Waals surface area contributed by atoms with Gasteiger partial charge in [-0.15, -0.1) is 0 Å². The van der Waals surface area contributed by atoms with Crippen LogP contribution < -0.4 is 10.5 Å². The van der Waals surface area contributed by atoms with Crippen molar-refractivity contribution in [2.45, 2.75) is 39.7 Å². The zero-order chi connectivity index (χ0) is 21.1. The van der Waals surface area contributed by atoms with Crippen molar-refractivity contribution in [1.82, 2.24) is 9.55 Å². The SMILES string of the molecule is CCCc1c(C(=O)CC)c2ccc(C(N)=O)nc2n1Cc1ccc(OC)cc1Cl. The van der Waals surface area contributed by atoms with E-state index in [1.54, 1.807) is 25.3 Å². The number of carbonyl (C=O) groups is 2. The van der Waals surface area contributed by atoms with Gasteiger partial charge < -0.3 is 15.0 Å². The predicted octanol–water partition coefficient (Wildman–Crippen LogP) is 4.39. The third-order valence-electron chi connectivity index (χ3n) is 4.94. The number of primary amides is 1. The molecule has 0 radical (unpaired) electrons. The number of amides is 1. The minimum absolute atomic E-state index is 0.0478. The molecule has 2 heterocycles. The number of ether oxygens (including phenoxy) is 1. The van der Waals surface area contributed by atoms with Crippen molar-refractivity contribution in [3.63, 3.8) is 0 Å². The minimum Gasteiger partial charge on any atom is -0.497 e. The van der Waals surface area contributed by atoms with Crippen LogP contribution in [0, 0.1) is 0 Å². The Hall–Kier alpha value is -2.86. The Morgan fingerprint density at radius 1 is 1.21 bits per heavy atom. The van der Waals surface area contributed by atoms with Gasteiger partial charge in [0.2, 0.25) is 0 Å². The van der Waals surface area contributed by atoms with E-state index in [0.29, 0.717) is 41.4 Å². The molecular formula is C22H24ClN3O3. The number of carbonyl (C=O) groups excluding carboxylic acids is 2. The zero-order valence-corrected chi connectivity index (χ0v) is 17.5. The van der Waals surface area contributed by atoms with Crippen LogP contribution in [0.5, 0.6) is 5.75 Å². The van der Waals surface area contributed by atoms with Crippen molar-refractivity contribution in [2.24, 2.45) is 5.73 Å². The van der Waals surface area contributed by atoms with E-state index < -0.39 is 5.91 Å². The first-order chi connectivity index (χ1) is 13.9. The second kappa shape index (κ2) is 8.66. The van der Waals surface area contributed by atoms with Crippen molar-refractivity contribution < 1.29 is 14.3 Å². The summed E-state index contributed by atoms with van der Waals surface area (Å²) < 4.78 is 7.20. The van der Waals surface area contributed by atoms with Gasteiger partial charge in [-0.25, -0.2) is 4.98 Å². The summed E-state index contributed by atoms with van der Waals surface area (Å²) in [6.07, 6.45) is 1.95. The van der Waals surface area contributed by atoms with E-state index in [-0.39, 0.29) is 11.5 Å². The lowest BCUT2D eigenvalue weighted by molar-refractivity contribution is 0.0983. The van der Waals surface area contributed by atoms with Crippen LogP contribution in [0.1, 0.15) is 58.8 Å². The smallest absolute Gasteiger partial charge is 0.267 e. The number of Topliss-reactive ketones (excluding diaryl/α,β-unsaturated/α-hetero) is 1. The fourth-order valence-electron chi connectivity index (χ4n) is 3.51. The topological polar surface area (TPSA) is 87.2 Å². The van der Waals surface area contributed by atoms with Crippen molar-refractivity contribution in [3.05, 3.63) is 57.9 Å². The molecule has 7 heteroatoms. The first-order valence-corrected chi connectivity index (χ1v) is 9.96. The summed E-state index contributed by atoms with van der Waals surface area (Å²) in [5, 5.41) is 1.29. The molecule has 0 aliphatic carbocycles. The number of fused-ring (bicyclic) bond motifs is 1. The highest BCUT2D eigenvalue weighted by Gasteiger charge is 2.23. The number of rotatable bonds is 8. The molecule has 3 rings (SSSR count). The monoisotopic (exact) mass is 413 g/mol. The van der Waals surface area contributed by atoms with Crippen molar-refractivity contribution in [3.8, 4) is 5.75 Å². The summed E-state index contributed by atoms with van der Waals surface area (Å²) in [5.74, 6) is 0.107. The third kappa shape index (κ3) is 3.98. The number of ketones is 1. The van der Waals surface area contributed by atoms with Gasteiger partial charge in [-0.05, 0) is 36.2 Å². The molecule has 2 aromatic heterocycles. The molecule has 0 unspecified atom stereocenters. The number of pyridine rings is 1. The molecule has 0 fully saturated rings. The molecule has 0 bridgehead atoms. The van der Waals surface area contributed by atoms with E-state index in [4.69, 9.17) is 22.1 Å². The van der Waals surface area contributed by atoms with Gasteiger partial charge in [0.05, 0.1) is 13.7 Å². The number of methoxy groups -OCH3 is 1. The highest BCUT2D eigenvalue weighted by Crippen LogP contribution is 2.31. The molecule has 29 heavy (non-hydrogen) atoms. The van der Waals surface area contributed by atoms with Crippen LogP contribution >= 0.6 is 11.6 Å². The summed E-state index contributed by atoms with van der Waals surface area (Å²) in [6, 6.07) is 8.81. The van der Waals surface area contributed by atoms with Gasteiger partial charge in [-0.3, -0.25) is 9.59 Å². The van der Waals surface area contributed by atoms with Crippen LogP contribution in [-0.2, 0) is 13.0 Å². The average molecular weight is 414 g/mol. The quantitative estimate of drug-likeness (QED) is 0.555. The van der Waals surface area contributed by atoms with Gasteiger partial charge >= 0.3 is 0 Å². The number of aromatic nitrogens is 2. The molecule has 0 saturated carbocycles. The zero-order valence-electron chi connectivity index (χ0n) is 16.8. The fraction of sp³-hybridized carbons (Fsp3) is 0.318. The molecule has 1 amide bonds. The Morgan fingerprint density at radius 2 is 1.97 bits per heavy atom. The lowest BCUT2D eigenvalue weighted by Gasteiger charge is -2.13. The van der Waals surface area contributed by atoms with E-state index in [0.717, 1.165) is 23.1 Å².